The minimum absolute atomic E-state index is 0.193. The number of benzene rings is 2. The topological polar surface area (TPSA) is 25.8 Å². The second kappa shape index (κ2) is 5.84. The number of hydrogen-bond acceptors (Lipinski definition) is 2. The molecule has 0 aliphatic heterocycles. The van der Waals surface area contributed by atoms with E-state index in [1.165, 1.54) is 11.6 Å². The average Bonchev–Trinajstić information content (AvgIpc) is 2.48. The number of hydrogen-bond donors (Lipinski definition) is 0. The molecule has 112 valence electrons. The van der Waals surface area contributed by atoms with E-state index in [4.69, 9.17) is 0 Å². The third-order valence-electron chi connectivity index (χ3n) is 3.78. The summed E-state index contributed by atoms with van der Waals surface area (Å²) in [4.78, 5) is 8.80. The Kier molecular flexibility index (Phi) is 3.88. The Balaban J connectivity index is 2.12. The summed E-state index contributed by atoms with van der Waals surface area (Å²) in [7, 11) is 0. The quantitative estimate of drug-likeness (QED) is 0.683. The van der Waals surface area contributed by atoms with E-state index in [9.17, 15) is 4.39 Å². The van der Waals surface area contributed by atoms with E-state index in [0.29, 0.717) is 11.5 Å². The largest absolute Gasteiger partial charge is 0.236 e. The van der Waals surface area contributed by atoms with Crippen molar-refractivity contribution in [1.82, 2.24) is 9.97 Å². The lowest BCUT2D eigenvalue weighted by Crippen LogP contribution is -1.96. The molecule has 0 radical (unpaired) electrons. The number of halogens is 1. The molecule has 0 saturated carbocycles. The van der Waals surface area contributed by atoms with Crippen LogP contribution in [-0.4, -0.2) is 9.97 Å². The van der Waals surface area contributed by atoms with Crippen LogP contribution in [0.1, 0.15) is 25.0 Å². The van der Waals surface area contributed by atoms with Gasteiger partial charge in [0.25, 0.3) is 0 Å². The Morgan fingerprint density at radius 1 is 1.05 bits per heavy atom. The molecular formula is C19H19FN2. The minimum atomic E-state index is -0.193. The van der Waals surface area contributed by atoms with Crippen LogP contribution < -0.4 is 0 Å². The third kappa shape index (κ3) is 2.84. The van der Waals surface area contributed by atoms with E-state index in [0.717, 1.165) is 28.6 Å². The van der Waals surface area contributed by atoms with Crippen molar-refractivity contribution in [2.45, 2.75) is 27.2 Å². The van der Waals surface area contributed by atoms with Gasteiger partial charge in [-0.05, 0) is 54.7 Å². The minimum Gasteiger partial charge on any atom is -0.236 e. The molecule has 3 heteroatoms. The molecule has 0 fully saturated rings. The van der Waals surface area contributed by atoms with Crippen molar-refractivity contribution in [1.29, 1.82) is 0 Å². The summed E-state index contributed by atoms with van der Waals surface area (Å²) in [6.07, 6.45) is 2.61. The highest BCUT2D eigenvalue weighted by atomic mass is 19.1. The fourth-order valence-electron chi connectivity index (χ4n) is 2.72. The lowest BCUT2D eigenvalue weighted by atomic mass is 9.99. The maximum absolute atomic E-state index is 13.5. The van der Waals surface area contributed by atoms with Crippen LogP contribution >= 0.6 is 0 Å². The van der Waals surface area contributed by atoms with Crippen LogP contribution in [0.4, 0.5) is 4.39 Å². The average molecular weight is 294 g/mol. The molecule has 2 nitrogen and oxygen atoms in total. The van der Waals surface area contributed by atoms with Gasteiger partial charge in [0.15, 0.2) is 0 Å². The first kappa shape index (κ1) is 14.6. The Morgan fingerprint density at radius 2 is 1.86 bits per heavy atom. The molecule has 0 atom stereocenters. The highest BCUT2D eigenvalue weighted by Crippen LogP contribution is 2.27. The zero-order valence-corrected chi connectivity index (χ0v) is 13.1. The molecule has 0 unspecified atom stereocenters. The third-order valence-corrected chi connectivity index (χ3v) is 3.78. The van der Waals surface area contributed by atoms with Crippen LogP contribution in [-0.2, 0) is 6.42 Å². The van der Waals surface area contributed by atoms with Gasteiger partial charge in [-0.2, -0.15) is 0 Å². The van der Waals surface area contributed by atoms with Gasteiger partial charge in [0.05, 0.1) is 11.2 Å². The van der Waals surface area contributed by atoms with Gasteiger partial charge in [-0.1, -0.05) is 26.0 Å². The molecule has 0 aliphatic carbocycles. The fourth-order valence-corrected chi connectivity index (χ4v) is 2.72. The predicted molar refractivity (Wildman–Crippen MR) is 88.2 cm³/mol. The van der Waals surface area contributed by atoms with E-state index in [1.54, 1.807) is 19.3 Å². The maximum Gasteiger partial charge on any atom is 0.126 e. The fraction of sp³-hybridized carbons (Fsp3) is 0.263. The van der Waals surface area contributed by atoms with Crippen molar-refractivity contribution in [2.75, 3.05) is 0 Å². The predicted octanol–water partition coefficient (Wildman–Crippen LogP) is 4.94. The van der Waals surface area contributed by atoms with Gasteiger partial charge in [-0.25, -0.2) is 14.4 Å². The van der Waals surface area contributed by atoms with Crippen molar-refractivity contribution in [3.05, 3.63) is 59.7 Å². The van der Waals surface area contributed by atoms with E-state index < -0.39 is 0 Å². The monoisotopic (exact) mass is 294 g/mol. The molecule has 1 heterocycles. The molecule has 22 heavy (non-hydrogen) atoms. The van der Waals surface area contributed by atoms with Crippen LogP contribution in [0, 0.1) is 18.7 Å². The molecule has 0 saturated heterocycles. The molecule has 0 aliphatic rings. The summed E-state index contributed by atoms with van der Waals surface area (Å²) in [6, 6.07) is 11.4. The molecule has 0 bridgehead atoms. The first-order valence-electron chi connectivity index (χ1n) is 7.55. The maximum atomic E-state index is 13.5. The van der Waals surface area contributed by atoms with Crippen molar-refractivity contribution < 1.29 is 4.39 Å². The van der Waals surface area contributed by atoms with Crippen molar-refractivity contribution in [3.63, 3.8) is 0 Å². The van der Waals surface area contributed by atoms with E-state index in [-0.39, 0.29) is 5.82 Å². The smallest absolute Gasteiger partial charge is 0.126 e. The molecule has 3 aromatic rings. The van der Waals surface area contributed by atoms with Crippen molar-refractivity contribution in [3.8, 4) is 11.3 Å². The normalized spacial score (nSPS) is 11.3. The first-order chi connectivity index (χ1) is 10.5. The summed E-state index contributed by atoms with van der Waals surface area (Å²) < 4.78 is 13.5. The van der Waals surface area contributed by atoms with Crippen molar-refractivity contribution in [2.24, 2.45) is 5.92 Å². The summed E-state index contributed by atoms with van der Waals surface area (Å²) in [5.74, 6) is 0.417. The molecule has 0 amide bonds. The molecule has 2 aromatic carbocycles. The molecule has 0 spiro atoms. The summed E-state index contributed by atoms with van der Waals surface area (Å²) >= 11 is 0. The second-order valence-electron chi connectivity index (χ2n) is 6.14. The van der Waals surface area contributed by atoms with E-state index in [2.05, 4.69) is 42.0 Å². The molecule has 3 rings (SSSR count). The highest BCUT2D eigenvalue weighted by molar-refractivity contribution is 5.92. The van der Waals surface area contributed by atoms with E-state index >= 15 is 0 Å². The van der Waals surface area contributed by atoms with Crippen LogP contribution in [0.2, 0.25) is 0 Å². The summed E-state index contributed by atoms with van der Waals surface area (Å²) in [5.41, 5.74) is 4.61. The zero-order valence-electron chi connectivity index (χ0n) is 13.1. The van der Waals surface area contributed by atoms with Gasteiger partial charge in [0.2, 0.25) is 0 Å². The Morgan fingerprint density at radius 3 is 2.59 bits per heavy atom. The first-order valence-corrected chi connectivity index (χ1v) is 7.55. The standard InChI is InChI=1S/C19H19FN2/c1-12(2)8-14-4-6-16-18(10-14)21-11-22-19(16)15-5-7-17(20)13(3)9-15/h4-7,9-12H,8H2,1-3H3. The number of aromatic nitrogens is 2. The lowest BCUT2D eigenvalue weighted by molar-refractivity contribution is 0.619. The number of nitrogens with zero attached hydrogens (tertiary/aromatic N) is 2. The van der Waals surface area contributed by atoms with Gasteiger partial charge in [0.1, 0.15) is 12.1 Å². The zero-order chi connectivity index (χ0) is 15.7. The van der Waals surface area contributed by atoms with E-state index in [1.807, 2.05) is 6.07 Å². The molecular weight excluding hydrogens is 275 g/mol. The van der Waals surface area contributed by atoms with Gasteiger partial charge in [-0.15, -0.1) is 0 Å². The SMILES string of the molecule is Cc1cc(-c2ncnc3cc(CC(C)C)ccc23)ccc1F. The van der Waals surface area contributed by atoms with Crippen LogP contribution in [0.3, 0.4) is 0 Å². The summed E-state index contributed by atoms with van der Waals surface area (Å²) in [6.45, 7) is 6.18. The Labute approximate surface area is 130 Å². The van der Waals surface area contributed by atoms with Crippen LogP contribution in [0.25, 0.3) is 22.2 Å². The van der Waals surface area contributed by atoms with Gasteiger partial charge in [0, 0.05) is 10.9 Å². The Hall–Kier alpha value is -2.29. The highest BCUT2D eigenvalue weighted by Gasteiger charge is 2.09. The number of fused-ring (bicyclic) bond motifs is 1. The van der Waals surface area contributed by atoms with Gasteiger partial charge in [-0.3, -0.25) is 0 Å². The molecule has 0 N–H and O–H groups in total. The van der Waals surface area contributed by atoms with Crippen LogP contribution in [0.5, 0.6) is 0 Å². The Bertz CT molecular complexity index is 825. The number of aryl methyl sites for hydroxylation is 1. The van der Waals surface area contributed by atoms with Gasteiger partial charge < -0.3 is 0 Å². The second-order valence-corrected chi connectivity index (χ2v) is 6.14. The number of rotatable bonds is 3. The lowest BCUT2D eigenvalue weighted by Gasteiger charge is -2.09. The van der Waals surface area contributed by atoms with Crippen LogP contribution in [0.15, 0.2) is 42.7 Å². The van der Waals surface area contributed by atoms with Gasteiger partial charge >= 0.3 is 0 Å². The van der Waals surface area contributed by atoms with Crippen molar-refractivity contribution >= 4 is 10.9 Å². The summed E-state index contributed by atoms with van der Waals surface area (Å²) in [5, 5.41) is 1.00. The molecule has 1 aromatic heterocycles.